The summed E-state index contributed by atoms with van der Waals surface area (Å²) < 4.78 is 96.5. The van der Waals surface area contributed by atoms with Gasteiger partial charge in [0.1, 0.15) is 16.6 Å². The minimum atomic E-state index is -5.12. The first kappa shape index (κ1) is 14.7. The van der Waals surface area contributed by atoms with Crippen LogP contribution < -0.4 is 0 Å². The second-order valence-electron chi connectivity index (χ2n) is 6.68. The fourth-order valence-electron chi connectivity index (χ4n) is 5.64. The van der Waals surface area contributed by atoms with Crippen LogP contribution in [-0.2, 0) is 9.47 Å². The van der Waals surface area contributed by atoms with E-state index in [-0.39, 0.29) is 11.5 Å². The van der Waals surface area contributed by atoms with Gasteiger partial charge in [0.05, 0.1) is 12.2 Å². The van der Waals surface area contributed by atoms with Crippen LogP contribution in [0.5, 0.6) is 0 Å². The molecular formula is C14H10F6O2S. The van der Waals surface area contributed by atoms with Crippen molar-refractivity contribution in [3.63, 3.8) is 0 Å². The van der Waals surface area contributed by atoms with Gasteiger partial charge in [-0.1, -0.05) is 24.3 Å². The molecule has 0 saturated carbocycles. The van der Waals surface area contributed by atoms with Crippen LogP contribution in [0.1, 0.15) is 0 Å². The number of hydrogen-bond acceptors (Lipinski definition) is 3. The van der Waals surface area contributed by atoms with Crippen molar-refractivity contribution >= 4 is 11.8 Å². The summed E-state index contributed by atoms with van der Waals surface area (Å²) in [5, 5.41) is 0. The number of hydrogen-bond donors (Lipinski definition) is 0. The molecule has 0 amide bonds. The highest BCUT2D eigenvalue weighted by Gasteiger charge is 3.01. The number of rotatable bonds is 0. The van der Waals surface area contributed by atoms with Gasteiger partial charge in [0, 0.05) is 11.5 Å². The Balaban J connectivity index is 1.96. The fraction of sp³-hybridized carbons (Fsp3) is 0.714. The van der Waals surface area contributed by atoms with Crippen molar-refractivity contribution in [3.8, 4) is 0 Å². The molecule has 2 spiro atoms. The van der Waals surface area contributed by atoms with Crippen LogP contribution in [-0.4, -0.2) is 47.3 Å². The quantitative estimate of drug-likeness (QED) is 0.490. The maximum atomic E-state index is 14.4. The lowest BCUT2D eigenvalue weighted by Gasteiger charge is -2.58. The zero-order valence-electron chi connectivity index (χ0n) is 11.4. The molecule has 2 unspecified atom stereocenters. The molecule has 3 saturated heterocycles. The summed E-state index contributed by atoms with van der Waals surface area (Å²) in [5.41, 5.74) is -10.3. The van der Waals surface area contributed by atoms with Crippen LogP contribution in [0.3, 0.4) is 0 Å². The van der Waals surface area contributed by atoms with Crippen molar-refractivity contribution < 1.29 is 35.8 Å². The molecule has 3 fully saturated rings. The Bertz CT molecular complexity index is 631. The summed E-state index contributed by atoms with van der Waals surface area (Å²) in [6.07, 6.45) is -8.97. The molecule has 4 bridgehead atoms. The third-order valence-electron chi connectivity index (χ3n) is 6.07. The van der Waals surface area contributed by atoms with E-state index in [1.54, 1.807) is 0 Å². The molecule has 0 aromatic rings. The van der Waals surface area contributed by atoms with E-state index in [9.17, 15) is 26.3 Å². The van der Waals surface area contributed by atoms with Gasteiger partial charge < -0.3 is 9.47 Å². The van der Waals surface area contributed by atoms with E-state index in [2.05, 4.69) is 0 Å². The zero-order chi connectivity index (χ0) is 16.5. The number of halogens is 6. The lowest BCUT2D eigenvalue weighted by Crippen LogP contribution is -2.76. The summed E-state index contributed by atoms with van der Waals surface area (Å²) in [7, 11) is 0. The highest BCUT2D eigenvalue weighted by Crippen LogP contribution is 2.84. The van der Waals surface area contributed by atoms with Crippen LogP contribution in [0.15, 0.2) is 24.3 Å². The molecule has 0 aliphatic carbocycles. The Morgan fingerprint density at radius 3 is 1.70 bits per heavy atom. The molecule has 0 radical (unpaired) electrons. The molecule has 2 nitrogen and oxygen atoms in total. The summed E-state index contributed by atoms with van der Waals surface area (Å²) in [5.74, 6) is -0.327. The average Bonchev–Trinajstić information content (AvgIpc) is 3.10. The maximum Gasteiger partial charge on any atom is 0.401 e. The van der Waals surface area contributed by atoms with Crippen LogP contribution in [0, 0.1) is 10.8 Å². The molecule has 0 aromatic heterocycles. The summed E-state index contributed by atoms with van der Waals surface area (Å²) in [4.78, 5) is 0. The zero-order valence-corrected chi connectivity index (χ0v) is 12.2. The van der Waals surface area contributed by atoms with Crippen molar-refractivity contribution in [2.45, 2.75) is 35.8 Å². The predicted molar refractivity (Wildman–Crippen MR) is 67.8 cm³/mol. The average molecular weight is 356 g/mol. The molecular weight excluding hydrogens is 346 g/mol. The van der Waals surface area contributed by atoms with E-state index >= 15 is 0 Å². The SMILES string of the molecule is FC(F)(F)C12[C@@H]3C=C[C@@]4(CSC[C@]5(C=C[C@H]1O5)C24C(F)(F)F)O3. The van der Waals surface area contributed by atoms with Gasteiger partial charge in [0.2, 0.25) is 0 Å². The predicted octanol–water partition coefficient (Wildman–Crippen LogP) is 3.25. The highest BCUT2D eigenvalue weighted by molar-refractivity contribution is 7.99. The molecule has 126 valence electrons. The standard InChI is InChI=1S/C14H10F6O2S/c15-13(16,17)11-7-1-3-9(21-7)5-23-6-10(4-2-8(11)22-10)12(9,11)14(18,19)20/h1-4,7-8H,5-6H2/t7-,8+,9-,10+,11?,12?. The van der Waals surface area contributed by atoms with E-state index in [0.717, 1.165) is 23.9 Å². The molecule has 6 atom stereocenters. The Labute approximate surface area is 130 Å². The van der Waals surface area contributed by atoms with Crippen LogP contribution in [0.25, 0.3) is 0 Å². The Hall–Kier alpha value is -0.670. The first-order valence-electron chi connectivity index (χ1n) is 7.04. The molecule has 9 heteroatoms. The van der Waals surface area contributed by atoms with Crippen LogP contribution >= 0.6 is 11.8 Å². The van der Waals surface area contributed by atoms with Crippen molar-refractivity contribution in [2.24, 2.45) is 10.8 Å². The van der Waals surface area contributed by atoms with Crippen molar-refractivity contribution in [3.05, 3.63) is 24.3 Å². The van der Waals surface area contributed by atoms with E-state index in [1.165, 1.54) is 12.2 Å². The Morgan fingerprint density at radius 2 is 1.30 bits per heavy atom. The normalized spacial score (nSPS) is 55.7. The number of ether oxygens (including phenoxy) is 2. The Kier molecular flexibility index (Phi) is 2.22. The molecule has 5 heterocycles. The molecule has 5 aliphatic heterocycles. The fourth-order valence-corrected chi connectivity index (χ4v) is 7.11. The number of thioether (sulfide) groups is 1. The van der Waals surface area contributed by atoms with Gasteiger partial charge in [-0.2, -0.15) is 38.1 Å². The van der Waals surface area contributed by atoms with E-state index < -0.39 is 46.6 Å². The molecule has 23 heavy (non-hydrogen) atoms. The third-order valence-corrected chi connectivity index (χ3v) is 7.34. The lowest BCUT2D eigenvalue weighted by molar-refractivity contribution is -0.344. The second kappa shape index (κ2) is 3.48. The van der Waals surface area contributed by atoms with E-state index in [0.29, 0.717) is 0 Å². The monoisotopic (exact) mass is 356 g/mol. The van der Waals surface area contributed by atoms with Gasteiger partial charge in [-0.3, -0.25) is 0 Å². The maximum absolute atomic E-state index is 14.4. The number of alkyl halides is 6. The summed E-state index contributed by atoms with van der Waals surface area (Å²) in [6.45, 7) is 0. The van der Waals surface area contributed by atoms with Crippen molar-refractivity contribution in [1.82, 2.24) is 0 Å². The van der Waals surface area contributed by atoms with Crippen molar-refractivity contribution in [1.29, 1.82) is 0 Å². The first-order valence-corrected chi connectivity index (χ1v) is 8.19. The minimum absolute atomic E-state index is 0.164. The van der Waals surface area contributed by atoms with Gasteiger partial charge in [-0.15, -0.1) is 0 Å². The van der Waals surface area contributed by atoms with Crippen molar-refractivity contribution in [2.75, 3.05) is 11.5 Å². The third kappa shape index (κ3) is 1.07. The molecule has 5 rings (SSSR count). The van der Waals surface area contributed by atoms with Gasteiger partial charge in [0.25, 0.3) is 0 Å². The lowest BCUT2D eigenvalue weighted by atomic mass is 9.45. The Morgan fingerprint density at radius 1 is 0.826 bits per heavy atom. The molecule has 5 aliphatic rings. The second-order valence-corrected chi connectivity index (χ2v) is 7.67. The van der Waals surface area contributed by atoms with Crippen LogP contribution in [0.4, 0.5) is 26.3 Å². The molecule has 0 aromatic carbocycles. The van der Waals surface area contributed by atoms with Gasteiger partial charge in [-0.05, 0) is 0 Å². The minimum Gasteiger partial charge on any atom is -0.361 e. The van der Waals surface area contributed by atoms with Crippen LogP contribution in [0.2, 0.25) is 0 Å². The highest BCUT2D eigenvalue weighted by atomic mass is 32.2. The van der Waals surface area contributed by atoms with Gasteiger partial charge in [-0.25, -0.2) is 0 Å². The summed E-state index contributed by atoms with van der Waals surface area (Å²) in [6, 6.07) is 0. The molecule has 0 N–H and O–H groups in total. The number of fused-ring (bicyclic) bond motifs is 4. The van der Waals surface area contributed by atoms with Gasteiger partial charge >= 0.3 is 12.4 Å². The smallest absolute Gasteiger partial charge is 0.361 e. The first-order chi connectivity index (χ1) is 10.6. The van der Waals surface area contributed by atoms with Gasteiger partial charge in [0.15, 0.2) is 5.41 Å². The van der Waals surface area contributed by atoms with E-state index in [4.69, 9.17) is 9.47 Å². The largest absolute Gasteiger partial charge is 0.401 e. The van der Waals surface area contributed by atoms with E-state index in [1.807, 2.05) is 0 Å². The topological polar surface area (TPSA) is 18.5 Å². The summed E-state index contributed by atoms with van der Waals surface area (Å²) >= 11 is 1.14.